The predicted molar refractivity (Wildman–Crippen MR) is 125 cm³/mol. The van der Waals surface area contributed by atoms with Crippen LogP contribution in [-0.2, 0) is 22.4 Å². The first-order valence-corrected chi connectivity index (χ1v) is 10.6. The van der Waals surface area contributed by atoms with Crippen LogP contribution in [-0.4, -0.2) is 56.7 Å². The minimum absolute atomic E-state index is 0. The zero-order valence-electron chi connectivity index (χ0n) is 18.1. The molecule has 166 valence electrons. The van der Waals surface area contributed by atoms with Crippen molar-refractivity contribution in [3.63, 3.8) is 0 Å². The van der Waals surface area contributed by atoms with Crippen LogP contribution in [0.2, 0.25) is 0 Å². The maximum absolute atomic E-state index is 13.4. The number of benzene rings is 2. The Morgan fingerprint density at radius 2 is 1.74 bits per heavy atom. The highest BCUT2D eigenvalue weighted by atomic mass is 35.5. The van der Waals surface area contributed by atoms with Gasteiger partial charge in [0.1, 0.15) is 0 Å². The third kappa shape index (κ3) is 5.02. The summed E-state index contributed by atoms with van der Waals surface area (Å²) in [7, 11) is 3.55. The summed E-state index contributed by atoms with van der Waals surface area (Å²) >= 11 is 0. The van der Waals surface area contributed by atoms with Crippen molar-refractivity contribution in [1.82, 2.24) is 4.90 Å². The van der Waals surface area contributed by atoms with Crippen LogP contribution in [0.15, 0.2) is 48.5 Å². The van der Waals surface area contributed by atoms with Gasteiger partial charge in [-0.15, -0.1) is 12.4 Å². The molecular formula is C24H30ClN3O3. The van der Waals surface area contributed by atoms with Gasteiger partial charge in [-0.25, -0.2) is 4.79 Å². The Balaban J connectivity index is 0.00000272. The molecule has 0 spiro atoms. The van der Waals surface area contributed by atoms with Gasteiger partial charge in [-0.05, 0) is 61.7 Å². The second-order valence-electron chi connectivity index (χ2n) is 8.12. The number of hydrogen-bond donors (Lipinski definition) is 0. The van der Waals surface area contributed by atoms with Gasteiger partial charge in [0, 0.05) is 37.4 Å². The molecule has 2 aromatic rings. The average Bonchev–Trinajstić information content (AvgIpc) is 2.99. The maximum Gasteiger partial charge on any atom is 0.329 e. The third-order valence-electron chi connectivity index (χ3n) is 6.17. The molecule has 2 heterocycles. The van der Waals surface area contributed by atoms with Crippen LogP contribution in [0, 0.1) is 0 Å². The van der Waals surface area contributed by atoms with Crippen molar-refractivity contribution in [1.29, 1.82) is 0 Å². The molecule has 1 unspecified atom stereocenters. The number of fused-ring (bicyclic) bond motifs is 1. The largest absolute Gasteiger partial charge is 0.469 e. The summed E-state index contributed by atoms with van der Waals surface area (Å²) in [6.45, 7) is 2.63. The van der Waals surface area contributed by atoms with Crippen LogP contribution in [0.1, 0.15) is 24.0 Å². The van der Waals surface area contributed by atoms with Crippen molar-refractivity contribution in [2.75, 3.05) is 43.6 Å². The summed E-state index contributed by atoms with van der Waals surface area (Å²) in [6.07, 6.45) is 2.88. The van der Waals surface area contributed by atoms with E-state index in [1.807, 2.05) is 35.2 Å². The number of carbonyl (C=O) groups excluding carboxylic acids is 2. The van der Waals surface area contributed by atoms with Gasteiger partial charge in [0.15, 0.2) is 0 Å². The summed E-state index contributed by atoms with van der Waals surface area (Å²) in [5.74, 6) is -0.245. The molecule has 2 aliphatic rings. The monoisotopic (exact) mass is 443 g/mol. The van der Waals surface area contributed by atoms with Crippen molar-refractivity contribution in [3.8, 4) is 0 Å². The minimum Gasteiger partial charge on any atom is -0.469 e. The Morgan fingerprint density at radius 1 is 1.03 bits per heavy atom. The molecule has 0 aliphatic carbocycles. The summed E-state index contributed by atoms with van der Waals surface area (Å²) in [6, 6.07) is 16.0. The van der Waals surface area contributed by atoms with Gasteiger partial charge in [0.05, 0.1) is 13.2 Å². The molecule has 1 fully saturated rings. The summed E-state index contributed by atoms with van der Waals surface area (Å²) < 4.78 is 4.83. The van der Waals surface area contributed by atoms with E-state index in [1.54, 1.807) is 4.90 Å². The standard InChI is InChI=1S/C24H29N3O3.ClH/c1-25-14-12-18-8-9-21(16-19(18)13-15-25)27-22(10-11-23(28)30-2)17-26(24(27)29)20-6-4-3-5-7-20;/h3-9,16,22H,10-15,17H2,1-2H3;1H. The number of para-hydroxylation sites is 1. The van der Waals surface area contributed by atoms with Crippen LogP contribution < -0.4 is 9.80 Å². The number of amides is 2. The molecule has 0 saturated carbocycles. The Labute approximate surface area is 190 Å². The Hall–Kier alpha value is -2.57. The summed E-state index contributed by atoms with van der Waals surface area (Å²) in [4.78, 5) is 31.2. The Morgan fingerprint density at radius 3 is 2.45 bits per heavy atom. The zero-order chi connectivity index (χ0) is 21.1. The van der Waals surface area contributed by atoms with E-state index in [4.69, 9.17) is 4.74 Å². The maximum atomic E-state index is 13.4. The highest BCUT2D eigenvalue weighted by Gasteiger charge is 2.39. The van der Waals surface area contributed by atoms with Gasteiger partial charge < -0.3 is 9.64 Å². The molecule has 2 aromatic carbocycles. The fraction of sp³-hybridized carbons (Fsp3) is 0.417. The number of urea groups is 1. The molecule has 7 heteroatoms. The van der Waals surface area contributed by atoms with Gasteiger partial charge in [-0.2, -0.15) is 0 Å². The number of likely N-dealkylation sites (N-methyl/N-ethyl adjacent to an activating group) is 1. The number of rotatable bonds is 5. The number of halogens is 1. The topological polar surface area (TPSA) is 53.1 Å². The van der Waals surface area contributed by atoms with Crippen LogP contribution in [0.25, 0.3) is 0 Å². The summed E-state index contributed by atoms with van der Waals surface area (Å²) in [5.41, 5.74) is 4.47. The third-order valence-corrected chi connectivity index (χ3v) is 6.17. The first-order valence-electron chi connectivity index (χ1n) is 10.6. The SMILES string of the molecule is COC(=O)CCC1CN(c2ccccc2)C(=O)N1c1ccc2c(c1)CCN(C)CC2.Cl. The van der Waals surface area contributed by atoms with E-state index in [-0.39, 0.29) is 30.4 Å². The molecule has 0 aromatic heterocycles. The highest BCUT2D eigenvalue weighted by Crippen LogP contribution is 2.32. The molecule has 1 saturated heterocycles. The number of hydrogen-bond acceptors (Lipinski definition) is 4. The normalized spacial score (nSPS) is 18.9. The second-order valence-corrected chi connectivity index (χ2v) is 8.12. The molecule has 4 rings (SSSR count). The lowest BCUT2D eigenvalue weighted by atomic mass is 10.0. The second kappa shape index (κ2) is 10.2. The van der Waals surface area contributed by atoms with Crippen molar-refractivity contribution in [2.45, 2.75) is 31.7 Å². The van der Waals surface area contributed by atoms with E-state index in [9.17, 15) is 9.59 Å². The molecule has 31 heavy (non-hydrogen) atoms. The average molecular weight is 444 g/mol. The van der Waals surface area contributed by atoms with Gasteiger partial charge >= 0.3 is 12.0 Å². The van der Waals surface area contributed by atoms with Crippen molar-refractivity contribution < 1.29 is 14.3 Å². The van der Waals surface area contributed by atoms with E-state index >= 15 is 0 Å². The summed E-state index contributed by atoms with van der Waals surface area (Å²) in [5, 5.41) is 0. The fourth-order valence-corrected chi connectivity index (χ4v) is 4.38. The lowest BCUT2D eigenvalue weighted by Crippen LogP contribution is -2.35. The van der Waals surface area contributed by atoms with E-state index in [1.165, 1.54) is 18.2 Å². The molecular weight excluding hydrogens is 414 g/mol. The lowest BCUT2D eigenvalue weighted by Gasteiger charge is -2.24. The van der Waals surface area contributed by atoms with Crippen LogP contribution >= 0.6 is 12.4 Å². The molecule has 0 radical (unpaired) electrons. The zero-order valence-corrected chi connectivity index (χ0v) is 18.9. The Kier molecular flexibility index (Phi) is 7.57. The van der Waals surface area contributed by atoms with Gasteiger partial charge in [-0.3, -0.25) is 14.6 Å². The molecule has 6 nitrogen and oxygen atoms in total. The predicted octanol–water partition coefficient (Wildman–Crippen LogP) is 3.91. The van der Waals surface area contributed by atoms with E-state index < -0.39 is 0 Å². The van der Waals surface area contributed by atoms with Gasteiger partial charge in [-0.1, -0.05) is 24.3 Å². The number of carbonyl (C=O) groups is 2. The number of methoxy groups -OCH3 is 1. The fourth-order valence-electron chi connectivity index (χ4n) is 4.38. The first-order chi connectivity index (χ1) is 14.6. The highest BCUT2D eigenvalue weighted by molar-refractivity contribution is 6.07. The van der Waals surface area contributed by atoms with Gasteiger partial charge in [0.2, 0.25) is 0 Å². The van der Waals surface area contributed by atoms with Crippen LogP contribution in [0.4, 0.5) is 16.2 Å². The number of nitrogens with zero attached hydrogens (tertiary/aromatic N) is 3. The Bertz CT molecular complexity index is 922. The quantitative estimate of drug-likeness (QED) is 0.657. The molecule has 0 N–H and O–H groups in total. The van der Waals surface area contributed by atoms with E-state index in [0.717, 1.165) is 37.3 Å². The first kappa shape index (κ1) is 23.1. The molecule has 1 atom stereocenters. The number of esters is 1. The molecule has 2 aliphatic heterocycles. The number of ether oxygens (including phenoxy) is 1. The van der Waals surface area contributed by atoms with Crippen LogP contribution in [0.3, 0.4) is 0 Å². The molecule has 2 amide bonds. The minimum atomic E-state index is -0.245. The van der Waals surface area contributed by atoms with Crippen molar-refractivity contribution in [2.24, 2.45) is 0 Å². The van der Waals surface area contributed by atoms with Gasteiger partial charge in [0.25, 0.3) is 0 Å². The van der Waals surface area contributed by atoms with Crippen LogP contribution in [0.5, 0.6) is 0 Å². The molecule has 0 bridgehead atoms. The number of anilines is 2. The van der Waals surface area contributed by atoms with Crippen molar-refractivity contribution >= 4 is 35.8 Å². The van der Waals surface area contributed by atoms with E-state index in [0.29, 0.717) is 19.4 Å². The smallest absolute Gasteiger partial charge is 0.329 e. The van der Waals surface area contributed by atoms with E-state index in [2.05, 4.69) is 30.1 Å². The lowest BCUT2D eigenvalue weighted by molar-refractivity contribution is -0.140. The van der Waals surface area contributed by atoms with Crippen molar-refractivity contribution in [3.05, 3.63) is 59.7 Å².